The molecule has 0 radical (unpaired) electrons. The summed E-state index contributed by atoms with van der Waals surface area (Å²) in [5.41, 5.74) is 0.608. The molecule has 0 aliphatic rings. The molecule has 0 aromatic heterocycles. The number of nitro benzene ring substituents is 1. The minimum absolute atomic E-state index is 0.00685. The number of carbonyl (C=O) groups excluding carboxylic acids is 1. The molecule has 0 heterocycles. The molecule has 6 heteroatoms. The van der Waals surface area contributed by atoms with Crippen LogP contribution in [0.5, 0.6) is 0 Å². The molecular formula is C16H20N2O4. The van der Waals surface area contributed by atoms with Gasteiger partial charge in [-0.25, -0.2) is 4.79 Å². The number of nitrogens with zero attached hydrogens (tertiary/aromatic N) is 1. The third-order valence-electron chi connectivity index (χ3n) is 2.58. The highest BCUT2D eigenvalue weighted by Crippen LogP contribution is 2.20. The Morgan fingerprint density at radius 2 is 2.09 bits per heavy atom. The van der Waals surface area contributed by atoms with Crippen molar-refractivity contribution < 1.29 is 14.5 Å². The van der Waals surface area contributed by atoms with Gasteiger partial charge in [-0.1, -0.05) is 24.0 Å². The number of amides is 1. The van der Waals surface area contributed by atoms with Crippen LogP contribution < -0.4 is 5.32 Å². The third kappa shape index (κ3) is 5.83. The highest BCUT2D eigenvalue weighted by atomic mass is 16.6. The van der Waals surface area contributed by atoms with Crippen molar-refractivity contribution in [1.82, 2.24) is 5.32 Å². The molecule has 6 nitrogen and oxygen atoms in total. The van der Waals surface area contributed by atoms with Crippen molar-refractivity contribution in [3.63, 3.8) is 0 Å². The maximum absolute atomic E-state index is 11.4. The van der Waals surface area contributed by atoms with Gasteiger partial charge in [-0.2, -0.15) is 0 Å². The molecular weight excluding hydrogens is 284 g/mol. The Labute approximate surface area is 130 Å². The second-order valence-corrected chi connectivity index (χ2v) is 5.71. The van der Waals surface area contributed by atoms with Crippen LogP contribution in [0.4, 0.5) is 10.5 Å². The summed E-state index contributed by atoms with van der Waals surface area (Å²) in [5, 5.41) is 13.5. The van der Waals surface area contributed by atoms with Crippen LogP contribution in [-0.4, -0.2) is 23.2 Å². The number of benzene rings is 1. The fourth-order valence-corrected chi connectivity index (χ4v) is 1.66. The molecule has 22 heavy (non-hydrogen) atoms. The Bertz CT molecular complexity index is 621. The minimum Gasteiger partial charge on any atom is -0.444 e. The van der Waals surface area contributed by atoms with Crippen molar-refractivity contribution in [3.8, 4) is 11.8 Å². The van der Waals surface area contributed by atoms with E-state index in [1.54, 1.807) is 39.8 Å². The zero-order chi connectivity index (χ0) is 16.8. The first-order valence-electron chi connectivity index (χ1n) is 6.90. The van der Waals surface area contributed by atoms with Crippen molar-refractivity contribution in [2.45, 2.75) is 39.7 Å². The molecule has 1 N–H and O–H groups in total. The lowest BCUT2D eigenvalue weighted by molar-refractivity contribution is -0.385. The number of nitrogens with one attached hydrogen (secondary N) is 1. The van der Waals surface area contributed by atoms with Gasteiger partial charge in [-0.15, -0.1) is 0 Å². The molecule has 118 valence electrons. The Hall–Kier alpha value is -2.55. The number of aryl methyl sites for hydroxylation is 1. The zero-order valence-corrected chi connectivity index (χ0v) is 13.2. The highest BCUT2D eigenvalue weighted by molar-refractivity contribution is 5.67. The van der Waals surface area contributed by atoms with Crippen LogP contribution in [0, 0.1) is 28.9 Å². The lowest BCUT2D eigenvalue weighted by Gasteiger charge is -2.19. The largest absolute Gasteiger partial charge is 0.444 e. The van der Waals surface area contributed by atoms with Crippen LogP contribution in [0.1, 0.15) is 38.3 Å². The number of hydrogen-bond donors (Lipinski definition) is 1. The number of ether oxygens (including phenoxy) is 1. The Kier molecular flexibility index (Phi) is 5.93. The van der Waals surface area contributed by atoms with Crippen molar-refractivity contribution in [3.05, 3.63) is 39.4 Å². The average molecular weight is 304 g/mol. The van der Waals surface area contributed by atoms with Gasteiger partial charge in [-0.3, -0.25) is 10.1 Å². The molecule has 0 unspecified atom stereocenters. The van der Waals surface area contributed by atoms with Crippen LogP contribution in [0.2, 0.25) is 0 Å². The zero-order valence-electron chi connectivity index (χ0n) is 13.2. The predicted octanol–water partition coefficient (Wildman–Crippen LogP) is 3.17. The summed E-state index contributed by atoms with van der Waals surface area (Å²) < 4.78 is 5.08. The highest BCUT2D eigenvalue weighted by Gasteiger charge is 2.15. The van der Waals surface area contributed by atoms with Gasteiger partial charge in [0.1, 0.15) is 11.2 Å². The van der Waals surface area contributed by atoms with Crippen molar-refractivity contribution in [2.75, 3.05) is 6.54 Å². The summed E-state index contributed by atoms with van der Waals surface area (Å²) in [5.74, 6) is 5.63. The maximum atomic E-state index is 11.4. The lowest BCUT2D eigenvalue weighted by atomic mass is 10.1. The van der Waals surface area contributed by atoms with E-state index < -0.39 is 16.6 Å². The van der Waals surface area contributed by atoms with Crippen LogP contribution in [0.15, 0.2) is 18.2 Å². The van der Waals surface area contributed by atoms with E-state index in [1.165, 1.54) is 6.07 Å². The lowest BCUT2D eigenvalue weighted by Crippen LogP contribution is -2.32. The smallest absolute Gasteiger partial charge is 0.407 e. The summed E-state index contributed by atoms with van der Waals surface area (Å²) in [6, 6.07) is 4.83. The molecule has 0 bridgehead atoms. The van der Waals surface area contributed by atoms with Gasteiger partial charge >= 0.3 is 6.09 Å². The summed E-state index contributed by atoms with van der Waals surface area (Å²) in [6.45, 7) is 7.44. The summed E-state index contributed by atoms with van der Waals surface area (Å²) in [7, 11) is 0. The first-order valence-corrected chi connectivity index (χ1v) is 6.90. The van der Waals surface area contributed by atoms with E-state index in [9.17, 15) is 14.9 Å². The molecule has 1 amide bonds. The number of nitro groups is 1. The summed E-state index contributed by atoms with van der Waals surface area (Å²) in [4.78, 5) is 21.9. The first kappa shape index (κ1) is 17.5. The maximum Gasteiger partial charge on any atom is 0.407 e. The monoisotopic (exact) mass is 304 g/mol. The van der Waals surface area contributed by atoms with E-state index in [-0.39, 0.29) is 5.69 Å². The molecule has 1 aromatic carbocycles. The summed E-state index contributed by atoms with van der Waals surface area (Å²) >= 11 is 0. The number of rotatable bonds is 3. The fourth-order valence-electron chi connectivity index (χ4n) is 1.66. The van der Waals surface area contributed by atoms with Gasteiger partial charge in [0.2, 0.25) is 0 Å². The van der Waals surface area contributed by atoms with Gasteiger partial charge in [0.25, 0.3) is 5.69 Å². The van der Waals surface area contributed by atoms with Crippen molar-refractivity contribution in [2.24, 2.45) is 0 Å². The van der Waals surface area contributed by atoms with E-state index in [4.69, 9.17) is 4.74 Å². The summed E-state index contributed by atoms with van der Waals surface area (Å²) in [6.07, 6.45) is -0.124. The molecule has 1 aromatic rings. The third-order valence-corrected chi connectivity index (χ3v) is 2.58. The SMILES string of the molecule is Cc1cccc([N+](=O)[O-])c1C#CCCNC(=O)OC(C)(C)C. The standard InChI is InChI=1S/C16H20N2O4/c1-12-8-7-10-14(18(20)21)13(12)9-5-6-11-17-15(19)22-16(2,3)4/h7-8,10H,6,11H2,1-4H3,(H,17,19). The predicted molar refractivity (Wildman–Crippen MR) is 83.6 cm³/mol. The average Bonchev–Trinajstić information content (AvgIpc) is 2.37. The van der Waals surface area contributed by atoms with Crippen LogP contribution >= 0.6 is 0 Å². The Balaban J connectivity index is 2.59. The van der Waals surface area contributed by atoms with E-state index in [0.717, 1.165) is 5.56 Å². The number of carbonyl (C=O) groups is 1. The van der Waals surface area contributed by atoms with Gasteiger partial charge in [0.05, 0.1) is 4.92 Å². The van der Waals surface area contributed by atoms with Crippen molar-refractivity contribution in [1.29, 1.82) is 0 Å². The minimum atomic E-state index is -0.544. The van der Waals surface area contributed by atoms with Gasteiger partial charge in [0.15, 0.2) is 0 Å². The number of alkyl carbamates (subject to hydrolysis) is 1. The second kappa shape index (κ2) is 7.46. The fraction of sp³-hybridized carbons (Fsp3) is 0.438. The topological polar surface area (TPSA) is 81.5 Å². The van der Waals surface area contributed by atoms with Crippen LogP contribution in [0.3, 0.4) is 0 Å². The molecule has 0 saturated carbocycles. The molecule has 0 aliphatic heterocycles. The first-order chi connectivity index (χ1) is 10.2. The van der Waals surface area contributed by atoms with Crippen LogP contribution in [0.25, 0.3) is 0 Å². The quantitative estimate of drug-likeness (QED) is 0.402. The Morgan fingerprint density at radius 1 is 1.41 bits per heavy atom. The molecule has 0 atom stereocenters. The molecule has 0 fully saturated rings. The number of hydrogen-bond acceptors (Lipinski definition) is 4. The van der Waals surface area contributed by atoms with E-state index in [2.05, 4.69) is 17.2 Å². The van der Waals surface area contributed by atoms with Gasteiger partial charge in [-0.05, 0) is 33.3 Å². The molecule has 0 spiro atoms. The normalized spacial score (nSPS) is 10.4. The molecule has 0 saturated heterocycles. The van der Waals surface area contributed by atoms with Crippen molar-refractivity contribution >= 4 is 11.8 Å². The van der Waals surface area contributed by atoms with Gasteiger partial charge < -0.3 is 10.1 Å². The van der Waals surface area contributed by atoms with E-state index in [1.807, 2.05) is 0 Å². The van der Waals surface area contributed by atoms with E-state index in [0.29, 0.717) is 18.5 Å². The van der Waals surface area contributed by atoms with E-state index >= 15 is 0 Å². The molecule has 0 aliphatic carbocycles. The molecule has 1 rings (SSSR count). The van der Waals surface area contributed by atoms with Gasteiger partial charge in [0, 0.05) is 19.0 Å². The second-order valence-electron chi connectivity index (χ2n) is 5.71. The van der Waals surface area contributed by atoms with Crippen LogP contribution in [-0.2, 0) is 4.74 Å². The Morgan fingerprint density at radius 3 is 2.68 bits per heavy atom.